The minimum absolute atomic E-state index is 0.0119. The van der Waals surface area contributed by atoms with Crippen LogP contribution in [0.3, 0.4) is 0 Å². The maximum atomic E-state index is 12.0. The highest BCUT2D eigenvalue weighted by atomic mass is 79.9. The van der Waals surface area contributed by atoms with Crippen molar-refractivity contribution in [2.75, 3.05) is 23.3 Å². The summed E-state index contributed by atoms with van der Waals surface area (Å²) in [5, 5.41) is 2.90. The van der Waals surface area contributed by atoms with Gasteiger partial charge in [0.2, 0.25) is 5.91 Å². The summed E-state index contributed by atoms with van der Waals surface area (Å²) < 4.78 is 1.01. The number of nitrogens with one attached hydrogen (secondary N) is 1. The topological polar surface area (TPSA) is 58.4 Å². The second-order valence-electron chi connectivity index (χ2n) is 5.00. The molecule has 0 aliphatic carbocycles. The van der Waals surface area contributed by atoms with Gasteiger partial charge in [-0.3, -0.25) is 4.79 Å². The van der Waals surface area contributed by atoms with Gasteiger partial charge in [-0.25, -0.2) is 0 Å². The van der Waals surface area contributed by atoms with E-state index in [0.29, 0.717) is 13.1 Å². The maximum absolute atomic E-state index is 12.0. The van der Waals surface area contributed by atoms with E-state index in [4.69, 9.17) is 5.73 Å². The first-order valence-electron chi connectivity index (χ1n) is 6.80. The molecule has 0 spiro atoms. The molecule has 2 aromatic carbocycles. The van der Waals surface area contributed by atoms with Gasteiger partial charge in [-0.15, -0.1) is 0 Å². The molecule has 1 heterocycles. The average molecular weight is 346 g/mol. The highest BCUT2D eigenvalue weighted by molar-refractivity contribution is 9.10. The van der Waals surface area contributed by atoms with Gasteiger partial charge in [-0.05, 0) is 29.8 Å². The molecule has 21 heavy (non-hydrogen) atoms. The molecule has 3 rings (SSSR count). The van der Waals surface area contributed by atoms with E-state index in [2.05, 4.69) is 26.1 Å². The Balaban J connectivity index is 2.03. The molecule has 0 bridgehead atoms. The van der Waals surface area contributed by atoms with E-state index in [-0.39, 0.29) is 11.9 Å². The third-order valence-corrected chi connectivity index (χ3v) is 4.13. The number of rotatable bonds is 3. The smallest absolute Gasteiger partial charge is 0.243 e. The second kappa shape index (κ2) is 5.87. The van der Waals surface area contributed by atoms with E-state index >= 15 is 0 Å². The van der Waals surface area contributed by atoms with Gasteiger partial charge in [0.1, 0.15) is 0 Å². The summed E-state index contributed by atoms with van der Waals surface area (Å²) in [5.41, 5.74) is 8.94. The first-order chi connectivity index (χ1) is 10.2. The van der Waals surface area contributed by atoms with Gasteiger partial charge in [-0.2, -0.15) is 0 Å². The van der Waals surface area contributed by atoms with Crippen molar-refractivity contribution in [3.05, 3.63) is 58.6 Å². The van der Waals surface area contributed by atoms with Crippen LogP contribution in [0.1, 0.15) is 11.6 Å². The number of anilines is 2. The predicted octanol–water partition coefficient (Wildman–Crippen LogP) is 2.91. The second-order valence-corrected chi connectivity index (χ2v) is 5.92. The highest BCUT2D eigenvalue weighted by Gasteiger charge is 2.28. The largest absolute Gasteiger partial charge is 0.352 e. The van der Waals surface area contributed by atoms with Gasteiger partial charge in [0, 0.05) is 11.0 Å². The van der Waals surface area contributed by atoms with Crippen LogP contribution >= 0.6 is 15.9 Å². The fourth-order valence-corrected chi connectivity index (χ4v) is 3.11. The lowest BCUT2D eigenvalue weighted by molar-refractivity contribution is -0.115. The summed E-state index contributed by atoms with van der Waals surface area (Å²) in [5.74, 6) is -0.0119. The molecule has 0 aromatic heterocycles. The monoisotopic (exact) mass is 345 g/mol. The van der Waals surface area contributed by atoms with Crippen molar-refractivity contribution in [1.29, 1.82) is 0 Å². The molecular formula is C16H16BrN3O. The molecular weight excluding hydrogens is 330 g/mol. The molecule has 0 saturated carbocycles. The Hall–Kier alpha value is -1.85. The zero-order chi connectivity index (χ0) is 14.8. The van der Waals surface area contributed by atoms with Crippen LogP contribution in [0.4, 0.5) is 11.4 Å². The summed E-state index contributed by atoms with van der Waals surface area (Å²) in [7, 11) is 0. The Kier molecular flexibility index (Phi) is 3.94. The number of amides is 1. The van der Waals surface area contributed by atoms with Gasteiger partial charge in [0.15, 0.2) is 0 Å². The summed E-state index contributed by atoms with van der Waals surface area (Å²) in [6, 6.07) is 15.8. The molecule has 108 valence electrons. The molecule has 5 heteroatoms. The maximum Gasteiger partial charge on any atom is 0.243 e. The molecule has 2 aromatic rings. The molecule has 1 atom stereocenters. The molecule has 0 fully saturated rings. The number of carbonyl (C=O) groups is 1. The Morgan fingerprint density at radius 1 is 1.24 bits per heavy atom. The average Bonchev–Trinajstić information content (AvgIpc) is 2.48. The van der Waals surface area contributed by atoms with Crippen molar-refractivity contribution < 1.29 is 4.79 Å². The van der Waals surface area contributed by atoms with Crippen LogP contribution in [-0.4, -0.2) is 19.0 Å². The molecule has 0 saturated heterocycles. The third kappa shape index (κ3) is 2.80. The summed E-state index contributed by atoms with van der Waals surface area (Å²) in [6.07, 6.45) is 0. The number of benzene rings is 2. The number of halogens is 1. The summed E-state index contributed by atoms with van der Waals surface area (Å²) in [4.78, 5) is 14.0. The van der Waals surface area contributed by atoms with Crippen molar-refractivity contribution in [2.45, 2.75) is 6.04 Å². The van der Waals surface area contributed by atoms with E-state index in [1.165, 1.54) is 0 Å². The lowest BCUT2D eigenvalue weighted by Gasteiger charge is -2.37. The van der Waals surface area contributed by atoms with Crippen molar-refractivity contribution in [1.82, 2.24) is 0 Å². The van der Waals surface area contributed by atoms with E-state index in [9.17, 15) is 4.79 Å². The Bertz CT molecular complexity index is 674. The van der Waals surface area contributed by atoms with Crippen LogP contribution in [0.15, 0.2) is 53.0 Å². The number of carbonyl (C=O) groups excluding carboxylic acids is 1. The number of nitrogens with zero attached hydrogens (tertiary/aromatic N) is 1. The lowest BCUT2D eigenvalue weighted by Crippen LogP contribution is -2.43. The van der Waals surface area contributed by atoms with Crippen LogP contribution in [0.5, 0.6) is 0 Å². The Morgan fingerprint density at radius 2 is 2.05 bits per heavy atom. The van der Waals surface area contributed by atoms with Crippen molar-refractivity contribution in [3.8, 4) is 0 Å². The van der Waals surface area contributed by atoms with Gasteiger partial charge >= 0.3 is 0 Å². The van der Waals surface area contributed by atoms with E-state index in [1.807, 2.05) is 48.5 Å². The molecule has 3 N–H and O–H groups in total. The fourth-order valence-electron chi connectivity index (χ4n) is 2.69. The quantitative estimate of drug-likeness (QED) is 0.899. The van der Waals surface area contributed by atoms with E-state index in [0.717, 1.165) is 21.4 Å². The Morgan fingerprint density at radius 3 is 2.81 bits per heavy atom. The van der Waals surface area contributed by atoms with Crippen molar-refractivity contribution in [3.63, 3.8) is 0 Å². The molecule has 1 aliphatic rings. The van der Waals surface area contributed by atoms with Crippen LogP contribution in [-0.2, 0) is 4.79 Å². The normalized spacial score (nSPS) is 15.3. The van der Waals surface area contributed by atoms with Gasteiger partial charge in [0.05, 0.1) is 24.0 Å². The van der Waals surface area contributed by atoms with Crippen LogP contribution in [0.2, 0.25) is 0 Å². The third-order valence-electron chi connectivity index (χ3n) is 3.63. The molecule has 1 unspecified atom stereocenters. The standard InChI is InChI=1S/C16H16BrN3O/c17-12-5-3-4-11(8-12)15(9-18)20-10-16(21)19-13-6-1-2-7-14(13)20/h1-8,15H,9-10,18H2,(H,19,21). The highest BCUT2D eigenvalue weighted by Crippen LogP contribution is 2.35. The minimum atomic E-state index is -0.0327. The van der Waals surface area contributed by atoms with Crippen LogP contribution in [0.25, 0.3) is 0 Å². The fraction of sp³-hybridized carbons (Fsp3) is 0.188. The number of hydrogen-bond donors (Lipinski definition) is 2. The van der Waals surface area contributed by atoms with Crippen molar-refractivity contribution >= 4 is 33.2 Å². The summed E-state index contributed by atoms with van der Waals surface area (Å²) >= 11 is 3.49. The van der Waals surface area contributed by atoms with Gasteiger partial charge in [0.25, 0.3) is 0 Å². The summed E-state index contributed by atoms with van der Waals surface area (Å²) in [6.45, 7) is 0.753. The molecule has 1 amide bonds. The molecule has 1 aliphatic heterocycles. The van der Waals surface area contributed by atoms with E-state index in [1.54, 1.807) is 0 Å². The number of para-hydroxylation sites is 2. The SMILES string of the molecule is NCC(c1cccc(Br)c1)N1CC(=O)Nc2ccccc21. The number of fused-ring (bicyclic) bond motifs is 1. The van der Waals surface area contributed by atoms with Crippen molar-refractivity contribution in [2.24, 2.45) is 5.73 Å². The minimum Gasteiger partial charge on any atom is -0.352 e. The number of hydrogen-bond acceptors (Lipinski definition) is 3. The van der Waals surface area contributed by atoms with Crippen LogP contribution < -0.4 is 16.0 Å². The lowest BCUT2D eigenvalue weighted by atomic mass is 10.0. The molecule has 4 nitrogen and oxygen atoms in total. The number of nitrogens with two attached hydrogens (primary N) is 1. The van der Waals surface area contributed by atoms with E-state index < -0.39 is 0 Å². The first-order valence-corrected chi connectivity index (χ1v) is 7.59. The molecule has 0 radical (unpaired) electrons. The Labute approximate surface area is 132 Å². The van der Waals surface area contributed by atoms with Gasteiger partial charge < -0.3 is 16.0 Å². The zero-order valence-corrected chi connectivity index (χ0v) is 13.0. The predicted molar refractivity (Wildman–Crippen MR) is 88.4 cm³/mol. The zero-order valence-electron chi connectivity index (χ0n) is 11.4. The van der Waals surface area contributed by atoms with Gasteiger partial charge in [-0.1, -0.05) is 40.2 Å². The van der Waals surface area contributed by atoms with Crippen LogP contribution in [0, 0.1) is 0 Å². The first kappa shape index (κ1) is 14.1.